The van der Waals surface area contributed by atoms with Crippen molar-refractivity contribution in [2.24, 2.45) is 12.1 Å². The Morgan fingerprint density at radius 1 is 1.23 bits per heavy atom. The first-order valence-electron chi connectivity index (χ1n) is 9.62. The fourth-order valence-electron chi connectivity index (χ4n) is 3.65. The minimum atomic E-state index is -0.448. The van der Waals surface area contributed by atoms with Crippen molar-refractivity contribution >= 4 is 34.4 Å². The predicted molar refractivity (Wildman–Crippen MR) is 117 cm³/mol. The van der Waals surface area contributed by atoms with E-state index in [1.165, 1.54) is 9.13 Å². The Kier molecular flexibility index (Phi) is 5.25. The molecule has 1 aliphatic heterocycles. The van der Waals surface area contributed by atoms with Crippen molar-refractivity contribution < 1.29 is 4.74 Å². The quantitative estimate of drug-likeness (QED) is 0.618. The number of rotatable bonds is 5. The summed E-state index contributed by atoms with van der Waals surface area (Å²) in [5.74, 6) is 0.516. The molecule has 0 aliphatic carbocycles. The van der Waals surface area contributed by atoms with E-state index in [9.17, 15) is 9.59 Å². The average Bonchev–Trinajstić information content (AvgIpc) is 3.14. The Morgan fingerprint density at radius 3 is 2.67 bits per heavy atom. The molecule has 0 saturated carbocycles. The van der Waals surface area contributed by atoms with Gasteiger partial charge in [-0.05, 0) is 25.5 Å². The summed E-state index contributed by atoms with van der Waals surface area (Å²) in [5.41, 5.74) is 1.38. The second-order valence-corrected chi connectivity index (χ2v) is 7.72. The summed E-state index contributed by atoms with van der Waals surface area (Å²) in [6, 6.07) is 6.99. The number of aryl methyl sites for hydroxylation is 1. The van der Waals surface area contributed by atoms with Gasteiger partial charge in [-0.15, -0.1) is 0 Å². The summed E-state index contributed by atoms with van der Waals surface area (Å²) in [4.78, 5) is 31.1. The lowest BCUT2D eigenvalue weighted by Gasteiger charge is -2.29. The lowest BCUT2D eigenvalue weighted by Crippen LogP contribution is -2.40. The number of hydrogen-bond donors (Lipinski definition) is 0. The smallest absolute Gasteiger partial charge is 0.332 e. The summed E-state index contributed by atoms with van der Waals surface area (Å²) in [6.45, 7) is 4.87. The van der Waals surface area contributed by atoms with E-state index in [1.807, 2.05) is 30.5 Å². The van der Waals surface area contributed by atoms with Gasteiger partial charge >= 0.3 is 5.69 Å². The van der Waals surface area contributed by atoms with Crippen LogP contribution in [0.4, 0.5) is 5.95 Å². The number of hydrazone groups is 1. The second-order valence-electron chi connectivity index (χ2n) is 7.31. The van der Waals surface area contributed by atoms with E-state index < -0.39 is 11.2 Å². The number of hydrogen-bond acceptors (Lipinski definition) is 6. The standard InChI is InChI=1S/C20H23ClN6O3/c1-12-13(2)27-16-17(22-19(27)26(23-12)9-10-30-4)24(3)20(29)25(18(16)28)11-14-7-5-6-8-15(14)21/h5-8,13H,9-11H2,1-4H3. The molecule has 0 radical (unpaired) electrons. The summed E-state index contributed by atoms with van der Waals surface area (Å²) in [7, 11) is 3.23. The van der Waals surface area contributed by atoms with Crippen LogP contribution in [-0.2, 0) is 18.3 Å². The SMILES string of the molecule is COCCN1N=C(C)C(C)n2c1nc1c2c(=O)n(Cc2ccccc2Cl)c(=O)n1C. The van der Waals surface area contributed by atoms with Crippen LogP contribution in [-0.4, -0.2) is 44.7 Å². The van der Waals surface area contributed by atoms with Crippen molar-refractivity contribution in [3.8, 4) is 0 Å². The molecule has 0 fully saturated rings. The topological polar surface area (TPSA) is 86.7 Å². The average molecular weight is 431 g/mol. The number of aromatic nitrogens is 4. The third kappa shape index (κ3) is 3.14. The van der Waals surface area contributed by atoms with Crippen molar-refractivity contribution in [2.45, 2.75) is 26.4 Å². The van der Waals surface area contributed by atoms with Gasteiger partial charge in [-0.25, -0.2) is 9.80 Å². The zero-order chi connectivity index (χ0) is 21.6. The highest BCUT2D eigenvalue weighted by Gasteiger charge is 2.30. The molecule has 0 N–H and O–H groups in total. The molecule has 2 aromatic heterocycles. The van der Waals surface area contributed by atoms with Gasteiger partial charge < -0.3 is 4.74 Å². The van der Waals surface area contributed by atoms with Gasteiger partial charge in [-0.3, -0.25) is 18.5 Å². The van der Waals surface area contributed by atoms with Gasteiger partial charge in [0.25, 0.3) is 5.56 Å². The maximum atomic E-state index is 13.5. The Bertz CT molecular complexity index is 1270. The number of methoxy groups -OCH3 is 1. The molecule has 0 amide bonds. The molecule has 9 nitrogen and oxygen atoms in total. The Morgan fingerprint density at radius 2 is 1.97 bits per heavy atom. The van der Waals surface area contributed by atoms with E-state index in [1.54, 1.807) is 31.3 Å². The van der Waals surface area contributed by atoms with Gasteiger partial charge in [0, 0.05) is 19.2 Å². The van der Waals surface area contributed by atoms with Gasteiger partial charge in [0.1, 0.15) is 0 Å². The van der Waals surface area contributed by atoms with Gasteiger partial charge in [-0.1, -0.05) is 29.8 Å². The summed E-state index contributed by atoms with van der Waals surface area (Å²) in [6.07, 6.45) is 0. The van der Waals surface area contributed by atoms with Crippen molar-refractivity contribution in [3.05, 3.63) is 55.7 Å². The van der Waals surface area contributed by atoms with Crippen LogP contribution in [0.1, 0.15) is 25.5 Å². The van der Waals surface area contributed by atoms with Gasteiger partial charge in [0.15, 0.2) is 11.2 Å². The third-order valence-electron chi connectivity index (χ3n) is 5.45. The maximum absolute atomic E-state index is 13.5. The zero-order valence-electron chi connectivity index (χ0n) is 17.3. The Labute approximate surface area is 177 Å². The molecule has 1 aromatic carbocycles. The number of anilines is 1. The minimum absolute atomic E-state index is 0.0798. The van der Waals surface area contributed by atoms with Crippen LogP contribution in [0.5, 0.6) is 0 Å². The van der Waals surface area contributed by atoms with E-state index in [0.29, 0.717) is 40.8 Å². The largest absolute Gasteiger partial charge is 0.383 e. The van der Waals surface area contributed by atoms with Crippen LogP contribution in [0, 0.1) is 0 Å². The summed E-state index contributed by atoms with van der Waals surface area (Å²) >= 11 is 6.26. The first-order valence-corrected chi connectivity index (χ1v) is 9.99. The molecule has 0 saturated heterocycles. The third-order valence-corrected chi connectivity index (χ3v) is 5.82. The molecule has 30 heavy (non-hydrogen) atoms. The minimum Gasteiger partial charge on any atom is -0.383 e. The fourth-order valence-corrected chi connectivity index (χ4v) is 3.84. The van der Waals surface area contributed by atoms with Crippen molar-refractivity contribution in [3.63, 3.8) is 0 Å². The normalized spacial score (nSPS) is 16.1. The maximum Gasteiger partial charge on any atom is 0.332 e. The predicted octanol–water partition coefficient (Wildman–Crippen LogP) is 2.00. The highest BCUT2D eigenvalue weighted by atomic mass is 35.5. The molecule has 3 aromatic rings. The summed E-state index contributed by atoms with van der Waals surface area (Å²) in [5, 5.41) is 6.81. The van der Waals surface area contributed by atoms with Crippen LogP contribution < -0.4 is 16.3 Å². The molecule has 0 bridgehead atoms. The molecule has 1 atom stereocenters. The van der Waals surface area contributed by atoms with E-state index in [0.717, 1.165) is 5.71 Å². The summed E-state index contributed by atoms with van der Waals surface area (Å²) < 4.78 is 9.62. The number of halogens is 1. The number of benzene rings is 1. The van der Waals surface area contributed by atoms with Crippen LogP contribution in [0.25, 0.3) is 11.2 Å². The van der Waals surface area contributed by atoms with Crippen molar-refractivity contribution in [1.82, 2.24) is 18.7 Å². The lowest BCUT2D eigenvalue weighted by molar-refractivity contribution is 0.204. The van der Waals surface area contributed by atoms with Gasteiger partial charge in [-0.2, -0.15) is 10.1 Å². The number of imidazole rings is 1. The van der Waals surface area contributed by atoms with Gasteiger partial charge in [0.2, 0.25) is 5.95 Å². The van der Waals surface area contributed by atoms with Crippen LogP contribution in [0.15, 0.2) is 39.0 Å². The molecule has 0 spiro atoms. The number of ether oxygens (including phenoxy) is 1. The lowest BCUT2D eigenvalue weighted by atomic mass is 10.2. The van der Waals surface area contributed by atoms with Crippen LogP contribution >= 0.6 is 11.6 Å². The molecular weight excluding hydrogens is 408 g/mol. The second kappa shape index (κ2) is 7.73. The molecule has 158 valence electrons. The van der Waals surface area contributed by atoms with Crippen LogP contribution in [0.3, 0.4) is 0 Å². The van der Waals surface area contributed by atoms with Crippen molar-refractivity contribution in [2.75, 3.05) is 25.3 Å². The molecule has 10 heteroatoms. The van der Waals surface area contributed by atoms with Gasteiger partial charge in [0.05, 0.1) is 31.4 Å². The highest BCUT2D eigenvalue weighted by molar-refractivity contribution is 6.31. The van der Waals surface area contributed by atoms with Crippen molar-refractivity contribution in [1.29, 1.82) is 0 Å². The zero-order valence-corrected chi connectivity index (χ0v) is 18.0. The van der Waals surface area contributed by atoms with E-state index >= 15 is 0 Å². The Balaban J connectivity index is 1.96. The molecule has 4 rings (SSSR count). The van der Waals surface area contributed by atoms with E-state index in [-0.39, 0.29) is 12.6 Å². The number of nitrogens with zero attached hydrogens (tertiary/aromatic N) is 6. The van der Waals surface area contributed by atoms with Crippen LogP contribution in [0.2, 0.25) is 5.02 Å². The van der Waals surface area contributed by atoms with E-state index in [2.05, 4.69) is 10.1 Å². The monoisotopic (exact) mass is 430 g/mol. The highest BCUT2D eigenvalue weighted by Crippen LogP contribution is 2.29. The first-order chi connectivity index (χ1) is 14.3. The fraction of sp³-hybridized carbons (Fsp3) is 0.400. The van der Waals surface area contributed by atoms with E-state index in [4.69, 9.17) is 16.3 Å². The Hall–Kier alpha value is -2.91. The number of fused-ring (bicyclic) bond motifs is 3. The molecule has 1 aliphatic rings. The first kappa shape index (κ1) is 20.4. The molecule has 3 heterocycles. The molecule has 1 unspecified atom stereocenters. The molecular formula is C20H23ClN6O3.